The highest BCUT2D eigenvalue weighted by Gasteiger charge is 2.41. The molecule has 0 amide bonds. The Bertz CT molecular complexity index is 456. The van der Waals surface area contributed by atoms with Gasteiger partial charge in [-0.15, -0.1) is 0 Å². The zero-order valence-electron chi connectivity index (χ0n) is 12.4. The van der Waals surface area contributed by atoms with Crippen LogP contribution in [0.5, 0.6) is 5.75 Å². The van der Waals surface area contributed by atoms with Crippen molar-refractivity contribution in [1.29, 1.82) is 0 Å². The Labute approximate surface area is 120 Å². The van der Waals surface area contributed by atoms with Crippen molar-refractivity contribution in [2.45, 2.75) is 38.6 Å². The molecule has 0 radical (unpaired) electrons. The molecule has 1 atom stereocenters. The summed E-state index contributed by atoms with van der Waals surface area (Å²) in [7, 11) is 1.60. The number of methoxy groups -OCH3 is 1. The number of hydrogen-bond acceptors (Lipinski definition) is 2. The topological polar surface area (TPSA) is 21.3 Å². The van der Waals surface area contributed by atoms with E-state index in [1.807, 2.05) is 13.0 Å². The Balaban J connectivity index is 1.65. The van der Waals surface area contributed by atoms with Crippen molar-refractivity contribution < 1.29 is 9.13 Å². The van der Waals surface area contributed by atoms with Crippen molar-refractivity contribution in [3.05, 3.63) is 29.6 Å². The summed E-state index contributed by atoms with van der Waals surface area (Å²) in [6.45, 7) is 3.03. The normalized spacial score (nSPS) is 20.2. The molecule has 0 heterocycles. The van der Waals surface area contributed by atoms with Crippen molar-refractivity contribution in [3.63, 3.8) is 0 Å². The molecule has 1 aromatic rings. The van der Waals surface area contributed by atoms with Gasteiger partial charge >= 0.3 is 0 Å². The van der Waals surface area contributed by atoms with E-state index < -0.39 is 0 Å². The van der Waals surface area contributed by atoms with Gasteiger partial charge in [0.05, 0.1) is 7.11 Å². The summed E-state index contributed by atoms with van der Waals surface area (Å²) in [5.41, 5.74) is 0.653. The van der Waals surface area contributed by atoms with Gasteiger partial charge in [0.2, 0.25) is 0 Å². The third kappa shape index (κ3) is 2.98. The van der Waals surface area contributed by atoms with Gasteiger partial charge in [0.1, 0.15) is 11.6 Å². The van der Waals surface area contributed by atoms with E-state index in [0.29, 0.717) is 11.3 Å². The smallest absolute Gasteiger partial charge is 0.131 e. The van der Waals surface area contributed by atoms with E-state index in [2.05, 4.69) is 5.32 Å². The molecule has 3 heteroatoms. The number of halogens is 1. The van der Waals surface area contributed by atoms with E-state index in [-0.39, 0.29) is 11.9 Å². The molecule has 3 rings (SSSR count). The highest BCUT2D eigenvalue weighted by atomic mass is 19.1. The molecule has 1 aromatic carbocycles. The fourth-order valence-corrected chi connectivity index (χ4v) is 3.30. The molecule has 2 fully saturated rings. The number of rotatable bonds is 7. The zero-order valence-corrected chi connectivity index (χ0v) is 12.4. The molecular weight excluding hydrogens is 253 g/mol. The molecule has 0 spiro atoms. The molecule has 0 saturated heterocycles. The van der Waals surface area contributed by atoms with Gasteiger partial charge in [-0.3, -0.25) is 0 Å². The molecule has 20 heavy (non-hydrogen) atoms. The molecule has 0 aromatic heterocycles. The quantitative estimate of drug-likeness (QED) is 0.815. The van der Waals surface area contributed by atoms with E-state index in [1.165, 1.54) is 31.7 Å². The van der Waals surface area contributed by atoms with Crippen LogP contribution in [0.25, 0.3) is 0 Å². The minimum Gasteiger partial charge on any atom is -0.496 e. The van der Waals surface area contributed by atoms with Gasteiger partial charge in [-0.05, 0) is 69.0 Å². The predicted octanol–water partition coefficient (Wildman–Crippen LogP) is 3.92. The Kier molecular flexibility index (Phi) is 3.97. The van der Waals surface area contributed by atoms with Crippen LogP contribution in [0.3, 0.4) is 0 Å². The minimum atomic E-state index is -0.182. The largest absolute Gasteiger partial charge is 0.496 e. The van der Waals surface area contributed by atoms with Gasteiger partial charge in [0.15, 0.2) is 0 Å². The second kappa shape index (κ2) is 5.72. The summed E-state index contributed by atoms with van der Waals surface area (Å²) in [6, 6.07) is 5.03. The lowest BCUT2D eigenvalue weighted by Gasteiger charge is -2.22. The van der Waals surface area contributed by atoms with Gasteiger partial charge < -0.3 is 10.1 Å². The highest BCUT2D eigenvalue weighted by Crippen LogP contribution is 2.49. The molecule has 0 aliphatic heterocycles. The maximum absolute atomic E-state index is 14.0. The van der Waals surface area contributed by atoms with Crippen LogP contribution in [-0.2, 0) is 0 Å². The lowest BCUT2D eigenvalue weighted by Crippen LogP contribution is -2.28. The van der Waals surface area contributed by atoms with Crippen LogP contribution in [-0.4, -0.2) is 13.7 Å². The Morgan fingerprint density at radius 1 is 1.25 bits per heavy atom. The summed E-state index contributed by atoms with van der Waals surface area (Å²) in [5, 5.41) is 3.54. The molecule has 1 unspecified atom stereocenters. The minimum absolute atomic E-state index is 0.00819. The Morgan fingerprint density at radius 2 is 1.90 bits per heavy atom. The van der Waals surface area contributed by atoms with E-state index in [4.69, 9.17) is 4.74 Å². The van der Waals surface area contributed by atoms with Crippen LogP contribution in [0.1, 0.15) is 44.2 Å². The van der Waals surface area contributed by atoms with Gasteiger partial charge in [-0.2, -0.15) is 0 Å². The number of benzene rings is 1. The average molecular weight is 277 g/mol. The standard InChI is InChI=1S/C17H24FNO/c1-11(17-15(18)4-3-5-16(17)20-2)19-10-14(12-6-7-12)13-8-9-13/h3-5,11-14,19H,6-10H2,1-2H3. The predicted molar refractivity (Wildman–Crippen MR) is 78.3 cm³/mol. The summed E-state index contributed by atoms with van der Waals surface area (Å²) in [4.78, 5) is 0. The first kappa shape index (κ1) is 13.9. The van der Waals surface area contributed by atoms with Crippen LogP contribution in [0, 0.1) is 23.6 Å². The fraction of sp³-hybridized carbons (Fsp3) is 0.647. The lowest BCUT2D eigenvalue weighted by atomic mass is 9.97. The summed E-state index contributed by atoms with van der Waals surface area (Å²) in [6.07, 6.45) is 5.56. The first-order chi connectivity index (χ1) is 9.70. The van der Waals surface area contributed by atoms with Crippen molar-refractivity contribution in [3.8, 4) is 5.75 Å². The van der Waals surface area contributed by atoms with E-state index in [0.717, 1.165) is 24.3 Å². The van der Waals surface area contributed by atoms with Crippen LogP contribution in [0.4, 0.5) is 4.39 Å². The van der Waals surface area contributed by atoms with Gasteiger partial charge in [-0.1, -0.05) is 6.07 Å². The molecule has 1 N–H and O–H groups in total. The number of hydrogen-bond donors (Lipinski definition) is 1. The maximum Gasteiger partial charge on any atom is 0.131 e. The number of nitrogens with one attached hydrogen (secondary N) is 1. The van der Waals surface area contributed by atoms with Crippen LogP contribution < -0.4 is 10.1 Å². The molecule has 2 aliphatic rings. The summed E-state index contributed by atoms with van der Waals surface area (Å²) in [5.74, 6) is 3.10. The van der Waals surface area contributed by atoms with E-state index in [1.54, 1.807) is 13.2 Å². The van der Waals surface area contributed by atoms with Crippen molar-refractivity contribution >= 4 is 0 Å². The zero-order chi connectivity index (χ0) is 14.1. The molecule has 2 aliphatic carbocycles. The molecule has 0 bridgehead atoms. The number of ether oxygens (including phenoxy) is 1. The Morgan fingerprint density at radius 3 is 2.45 bits per heavy atom. The van der Waals surface area contributed by atoms with E-state index >= 15 is 0 Å². The average Bonchev–Trinajstić information content (AvgIpc) is 3.31. The van der Waals surface area contributed by atoms with Crippen LogP contribution >= 0.6 is 0 Å². The second-order valence-corrected chi connectivity index (χ2v) is 6.32. The third-order valence-electron chi connectivity index (χ3n) is 4.78. The van der Waals surface area contributed by atoms with Gasteiger partial charge in [0.25, 0.3) is 0 Å². The van der Waals surface area contributed by atoms with Gasteiger partial charge in [-0.25, -0.2) is 4.39 Å². The summed E-state index contributed by atoms with van der Waals surface area (Å²) < 4.78 is 19.3. The first-order valence-electron chi connectivity index (χ1n) is 7.76. The molecule has 110 valence electrons. The van der Waals surface area contributed by atoms with Gasteiger partial charge in [0, 0.05) is 11.6 Å². The third-order valence-corrected chi connectivity index (χ3v) is 4.78. The molecule has 2 nitrogen and oxygen atoms in total. The lowest BCUT2D eigenvalue weighted by molar-refractivity contribution is 0.350. The molecular formula is C17H24FNO. The monoisotopic (exact) mass is 277 g/mol. The van der Waals surface area contributed by atoms with Crippen molar-refractivity contribution in [1.82, 2.24) is 5.32 Å². The van der Waals surface area contributed by atoms with Crippen molar-refractivity contribution in [2.24, 2.45) is 17.8 Å². The molecule has 2 saturated carbocycles. The first-order valence-corrected chi connectivity index (χ1v) is 7.76. The van der Waals surface area contributed by atoms with E-state index in [9.17, 15) is 4.39 Å². The highest BCUT2D eigenvalue weighted by molar-refractivity contribution is 5.36. The maximum atomic E-state index is 14.0. The van der Waals surface area contributed by atoms with Crippen LogP contribution in [0.15, 0.2) is 18.2 Å². The fourth-order valence-electron chi connectivity index (χ4n) is 3.30. The van der Waals surface area contributed by atoms with Crippen LogP contribution in [0.2, 0.25) is 0 Å². The SMILES string of the molecule is COc1cccc(F)c1C(C)NCC(C1CC1)C1CC1. The second-order valence-electron chi connectivity index (χ2n) is 6.32. The Hall–Kier alpha value is -1.09. The van der Waals surface area contributed by atoms with Crippen molar-refractivity contribution in [2.75, 3.05) is 13.7 Å². The summed E-state index contributed by atoms with van der Waals surface area (Å²) >= 11 is 0.